The lowest BCUT2D eigenvalue weighted by Gasteiger charge is -2.18. The van der Waals surface area contributed by atoms with Gasteiger partial charge in [-0.15, -0.1) is 0 Å². The average Bonchev–Trinajstić information content (AvgIpc) is 3.17. The van der Waals surface area contributed by atoms with E-state index in [1.54, 1.807) is 24.3 Å². The third-order valence-corrected chi connectivity index (χ3v) is 4.76. The molecule has 2 amide bonds. The molecule has 1 heterocycles. The third kappa shape index (κ3) is 4.33. The van der Waals surface area contributed by atoms with E-state index >= 15 is 0 Å². The van der Waals surface area contributed by atoms with E-state index in [1.807, 2.05) is 36.1 Å². The summed E-state index contributed by atoms with van der Waals surface area (Å²) in [5, 5.41) is 3.51. The Kier molecular flexibility index (Phi) is 5.74. The van der Waals surface area contributed by atoms with E-state index in [0.717, 1.165) is 37.1 Å². The number of carbonyl (C=O) groups is 2. The van der Waals surface area contributed by atoms with Gasteiger partial charge < -0.3 is 10.2 Å². The summed E-state index contributed by atoms with van der Waals surface area (Å²) < 4.78 is 0. The molecule has 3 rings (SSSR count). The van der Waals surface area contributed by atoms with Gasteiger partial charge in [0.15, 0.2) is 0 Å². The van der Waals surface area contributed by atoms with Gasteiger partial charge in [0, 0.05) is 35.4 Å². The van der Waals surface area contributed by atoms with E-state index < -0.39 is 0 Å². The van der Waals surface area contributed by atoms with Crippen LogP contribution in [-0.4, -0.2) is 29.8 Å². The maximum Gasteiger partial charge on any atom is 0.254 e. The first kappa shape index (κ1) is 18.2. The molecule has 2 aromatic carbocycles. The molecule has 0 aliphatic carbocycles. The van der Waals surface area contributed by atoms with Gasteiger partial charge in [0.25, 0.3) is 5.91 Å². The Morgan fingerprint density at radius 2 is 1.77 bits per heavy atom. The van der Waals surface area contributed by atoms with Gasteiger partial charge in [-0.1, -0.05) is 29.8 Å². The normalized spacial score (nSPS) is 14.0. The zero-order valence-corrected chi connectivity index (χ0v) is 15.4. The number of benzene rings is 2. The van der Waals surface area contributed by atoms with Crippen molar-refractivity contribution in [2.75, 3.05) is 18.4 Å². The quantitative estimate of drug-likeness (QED) is 0.805. The standard InChI is InChI=1S/C21H21ClN2O2/c1-15-18(21(26)24-13-2-3-14-24)5-4-6-19(15)23-20(25)12-9-16-7-10-17(22)11-8-16/h4-12H,2-3,13-14H2,1H3,(H,23,25)/b12-9-. The van der Waals surface area contributed by atoms with Crippen molar-refractivity contribution in [3.63, 3.8) is 0 Å². The molecule has 5 heteroatoms. The lowest BCUT2D eigenvalue weighted by Crippen LogP contribution is -2.28. The number of carbonyl (C=O) groups excluding carboxylic acids is 2. The van der Waals surface area contributed by atoms with Crippen LogP contribution in [0.25, 0.3) is 6.08 Å². The second-order valence-corrected chi connectivity index (χ2v) is 6.79. The first-order valence-corrected chi connectivity index (χ1v) is 9.06. The van der Waals surface area contributed by atoms with Gasteiger partial charge in [0.05, 0.1) is 0 Å². The Morgan fingerprint density at radius 3 is 2.46 bits per heavy atom. The molecule has 0 bridgehead atoms. The highest BCUT2D eigenvalue weighted by atomic mass is 35.5. The van der Waals surface area contributed by atoms with Crippen LogP contribution in [0, 0.1) is 6.92 Å². The minimum absolute atomic E-state index is 0.0350. The molecule has 1 N–H and O–H groups in total. The first-order chi connectivity index (χ1) is 12.5. The number of halogens is 1. The van der Waals surface area contributed by atoms with Crippen LogP contribution in [0.1, 0.15) is 34.3 Å². The van der Waals surface area contributed by atoms with Gasteiger partial charge in [-0.05, 0) is 61.2 Å². The van der Waals surface area contributed by atoms with Crippen LogP contribution in [0.5, 0.6) is 0 Å². The second-order valence-electron chi connectivity index (χ2n) is 6.35. The van der Waals surface area contributed by atoms with Crippen molar-refractivity contribution in [1.29, 1.82) is 0 Å². The monoisotopic (exact) mass is 368 g/mol. The molecule has 1 aliphatic rings. The number of rotatable bonds is 4. The van der Waals surface area contributed by atoms with E-state index in [4.69, 9.17) is 11.6 Å². The summed E-state index contributed by atoms with van der Waals surface area (Å²) in [6.45, 7) is 3.47. The van der Waals surface area contributed by atoms with Gasteiger partial charge in [0.1, 0.15) is 0 Å². The van der Waals surface area contributed by atoms with Crippen molar-refractivity contribution in [2.24, 2.45) is 0 Å². The van der Waals surface area contributed by atoms with Crippen molar-refractivity contribution in [3.05, 3.63) is 70.3 Å². The summed E-state index contributed by atoms with van der Waals surface area (Å²) in [6.07, 6.45) is 5.30. The number of likely N-dealkylation sites (tertiary alicyclic amines) is 1. The minimum Gasteiger partial charge on any atom is -0.339 e. The van der Waals surface area contributed by atoms with Crippen LogP contribution >= 0.6 is 11.6 Å². The van der Waals surface area contributed by atoms with Crippen LogP contribution in [0.4, 0.5) is 5.69 Å². The smallest absolute Gasteiger partial charge is 0.254 e. The summed E-state index contributed by atoms with van der Waals surface area (Å²) in [5.41, 5.74) is 2.98. The fraction of sp³-hybridized carbons (Fsp3) is 0.238. The van der Waals surface area contributed by atoms with Gasteiger partial charge in [0.2, 0.25) is 5.91 Å². The van der Waals surface area contributed by atoms with Crippen LogP contribution in [0.15, 0.2) is 48.5 Å². The predicted molar refractivity (Wildman–Crippen MR) is 105 cm³/mol. The van der Waals surface area contributed by atoms with Gasteiger partial charge in [-0.25, -0.2) is 0 Å². The van der Waals surface area contributed by atoms with Crippen LogP contribution < -0.4 is 5.32 Å². The lowest BCUT2D eigenvalue weighted by molar-refractivity contribution is -0.111. The molecule has 0 spiro atoms. The van der Waals surface area contributed by atoms with Crippen molar-refractivity contribution in [1.82, 2.24) is 4.90 Å². The molecule has 4 nitrogen and oxygen atoms in total. The number of nitrogens with zero attached hydrogens (tertiary/aromatic N) is 1. The third-order valence-electron chi connectivity index (χ3n) is 4.51. The van der Waals surface area contributed by atoms with Crippen molar-refractivity contribution >= 4 is 35.2 Å². The zero-order chi connectivity index (χ0) is 18.5. The second kappa shape index (κ2) is 8.19. The molecule has 2 aromatic rings. The Morgan fingerprint density at radius 1 is 1.08 bits per heavy atom. The number of amides is 2. The Balaban J connectivity index is 1.71. The maximum absolute atomic E-state index is 12.6. The van der Waals surface area contributed by atoms with Crippen molar-refractivity contribution in [2.45, 2.75) is 19.8 Å². The maximum atomic E-state index is 12.6. The van der Waals surface area contributed by atoms with E-state index in [-0.39, 0.29) is 11.8 Å². The van der Waals surface area contributed by atoms with Crippen molar-refractivity contribution in [3.8, 4) is 0 Å². The fourth-order valence-electron chi connectivity index (χ4n) is 3.01. The van der Waals surface area contributed by atoms with E-state index in [1.165, 1.54) is 6.08 Å². The van der Waals surface area contributed by atoms with Crippen LogP contribution in [0.3, 0.4) is 0 Å². The number of hydrogen-bond donors (Lipinski definition) is 1. The number of hydrogen-bond acceptors (Lipinski definition) is 2. The van der Waals surface area contributed by atoms with Crippen LogP contribution in [-0.2, 0) is 4.79 Å². The fourth-order valence-corrected chi connectivity index (χ4v) is 3.14. The lowest BCUT2D eigenvalue weighted by atomic mass is 10.1. The summed E-state index contributed by atoms with van der Waals surface area (Å²) >= 11 is 5.85. The number of nitrogens with one attached hydrogen (secondary N) is 1. The van der Waals surface area contributed by atoms with E-state index in [9.17, 15) is 9.59 Å². The number of anilines is 1. The molecule has 0 aromatic heterocycles. The van der Waals surface area contributed by atoms with Crippen molar-refractivity contribution < 1.29 is 9.59 Å². The molecular formula is C21H21ClN2O2. The van der Waals surface area contributed by atoms with E-state index in [2.05, 4.69) is 5.32 Å². The summed E-state index contributed by atoms with van der Waals surface area (Å²) in [6, 6.07) is 12.7. The molecule has 0 saturated carbocycles. The predicted octanol–water partition coefficient (Wildman–Crippen LogP) is 4.54. The molecule has 1 fully saturated rings. The summed E-state index contributed by atoms with van der Waals surface area (Å²) in [7, 11) is 0. The SMILES string of the molecule is Cc1c(NC(=O)/C=C\c2ccc(Cl)cc2)cccc1C(=O)N1CCCC1. The zero-order valence-electron chi connectivity index (χ0n) is 14.7. The van der Waals surface area contributed by atoms with Gasteiger partial charge >= 0.3 is 0 Å². The molecule has 0 unspecified atom stereocenters. The molecule has 0 atom stereocenters. The molecule has 134 valence electrons. The minimum atomic E-state index is -0.242. The molecule has 26 heavy (non-hydrogen) atoms. The highest BCUT2D eigenvalue weighted by molar-refractivity contribution is 6.30. The van der Waals surface area contributed by atoms with Gasteiger partial charge in [-0.3, -0.25) is 9.59 Å². The van der Waals surface area contributed by atoms with Gasteiger partial charge in [-0.2, -0.15) is 0 Å². The molecule has 1 saturated heterocycles. The largest absolute Gasteiger partial charge is 0.339 e. The Bertz CT molecular complexity index is 838. The first-order valence-electron chi connectivity index (χ1n) is 8.68. The summed E-state index contributed by atoms with van der Waals surface area (Å²) in [5.74, 6) is -0.207. The van der Waals surface area contributed by atoms with Crippen LogP contribution in [0.2, 0.25) is 5.02 Å². The highest BCUT2D eigenvalue weighted by Crippen LogP contribution is 2.22. The molecular weight excluding hydrogens is 348 g/mol. The Hall–Kier alpha value is -2.59. The van der Waals surface area contributed by atoms with E-state index in [0.29, 0.717) is 16.3 Å². The summed E-state index contributed by atoms with van der Waals surface area (Å²) in [4.78, 5) is 26.7. The topological polar surface area (TPSA) is 49.4 Å². The molecule has 0 radical (unpaired) electrons. The Labute approximate surface area is 158 Å². The average molecular weight is 369 g/mol. The highest BCUT2D eigenvalue weighted by Gasteiger charge is 2.21. The molecule has 1 aliphatic heterocycles.